The van der Waals surface area contributed by atoms with Gasteiger partial charge in [-0.2, -0.15) is 0 Å². The van der Waals surface area contributed by atoms with Gasteiger partial charge in [0, 0.05) is 19.3 Å². The molecule has 0 aliphatic heterocycles. The molecule has 0 saturated heterocycles. The fourth-order valence-electron chi connectivity index (χ4n) is 6.08. The lowest BCUT2D eigenvalue weighted by molar-refractivity contribution is -0.166. The first-order valence-corrected chi connectivity index (χ1v) is 26.3. The monoisotopic (exact) mass is 945 g/mol. The Kier molecular flexibility index (Phi) is 50.7. The van der Waals surface area contributed by atoms with Crippen LogP contribution in [0, 0.1) is 0 Å². The Hall–Kier alpha value is -5.49. The highest BCUT2D eigenvalue weighted by Crippen LogP contribution is 2.09. The molecule has 0 unspecified atom stereocenters. The minimum atomic E-state index is -0.865. The second kappa shape index (κ2) is 55.1. The number of hydrogen-bond donors (Lipinski definition) is 0. The maximum atomic E-state index is 12.8. The van der Waals surface area contributed by atoms with E-state index in [2.05, 4.69) is 203 Å². The highest BCUT2D eigenvalue weighted by atomic mass is 16.6. The van der Waals surface area contributed by atoms with Crippen molar-refractivity contribution < 1.29 is 28.6 Å². The summed E-state index contributed by atoms with van der Waals surface area (Å²) in [5.74, 6) is -1.15. The Morgan fingerprint density at radius 2 is 0.493 bits per heavy atom. The van der Waals surface area contributed by atoms with Crippen LogP contribution in [0.25, 0.3) is 0 Å². The number of allylic oxidation sites excluding steroid dienone is 30. The first-order chi connectivity index (χ1) is 34.0. The largest absolute Gasteiger partial charge is 0.462 e. The third-order valence-electron chi connectivity index (χ3n) is 9.89. The van der Waals surface area contributed by atoms with E-state index in [0.717, 1.165) is 116 Å². The number of carbonyl (C=O) groups excluding carboxylic acids is 3. The minimum absolute atomic E-state index is 0.158. The lowest BCUT2D eigenvalue weighted by atomic mass is 10.2. The van der Waals surface area contributed by atoms with Gasteiger partial charge in [-0.25, -0.2) is 0 Å². The highest BCUT2D eigenvalue weighted by molar-refractivity contribution is 5.71. The molecule has 0 aromatic carbocycles. The van der Waals surface area contributed by atoms with Crippen molar-refractivity contribution in [2.24, 2.45) is 0 Å². The SMILES string of the molecule is CC/C=C/C/C=C/C/C=C/C/C=C/C/C=C/CCCC(=O)OCC(COC(=O)CCC/C=C/C/C=C/C/C=C/C/C=C/C/C=C/CC)OC(=O)CCC/C=C/C/C=C/C/C=C/C/C=C/C/C=C/CC. The molecule has 0 bridgehead atoms. The molecule has 0 aliphatic carbocycles. The zero-order chi connectivity index (χ0) is 50.0. The van der Waals surface area contributed by atoms with Crippen molar-refractivity contribution in [2.45, 2.75) is 181 Å². The average molecular weight is 945 g/mol. The Balaban J connectivity index is 4.71. The fourth-order valence-corrected chi connectivity index (χ4v) is 6.08. The smallest absolute Gasteiger partial charge is 0.306 e. The molecule has 0 N–H and O–H groups in total. The van der Waals surface area contributed by atoms with Crippen molar-refractivity contribution in [3.8, 4) is 0 Å². The molecule has 0 saturated carbocycles. The van der Waals surface area contributed by atoms with Gasteiger partial charge in [0.15, 0.2) is 6.10 Å². The molecule has 6 heteroatoms. The summed E-state index contributed by atoms with van der Waals surface area (Å²) in [6.45, 7) is 6.11. The second-order valence-corrected chi connectivity index (χ2v) is 16.3. The fraction of sp³-hybridized carbons (Fsp3) is 0.476. The van der Waals surface area contributed by atoms with Gasteiger partial charge in [0.1, 0.15) is 13.2 Å². The summed E-state index contributed by atoms with van der Waals surface area (Å²) in [4.78, 5) is 38.0. The highest BCUT2D eigenvalue weighted by Gasteiger charge is 2.19. The van der Waals surface area contributed by atoms with E-state index in [0.29, 0.717) is 19.3 Å². The Morgan fingerprint density at radius 3 is 0.725 bits per heavy atom. The Morgan fingerprint density at radius 1 is 0.290 bits per heavy atom. The van der Waals surface area contributed by atoms with E-state index >= 15 is 0 Å². The van der Waals surface area contributed by atoms with Gasteiger partial charge in [0.25, 0.3) is 0 Å². The van der Waals surface area contributed by atoms with Crippen LogP contribution in [-0.2, 0) is 28.6 Å². The van der Waals surface area contributed by atoms with Gasteiger partial charge in [0.2, 0.25) is 0 Å². The lowest BCUT2D eigenvalue weighted by Crippen LogP contribution is -2.30. The third kappa shape index (κ3) is 53.3. The summed E-state index contributed by atoms with van der Waals surface area (Å²) in [6.07, 6.45) is 83.2. The minimum Gasteiger partial charge on any atom is -0.462 e. The van der Waals surface area contributed by atoms with Gasteiger partial charge in [-0.15, -0.1) is 0 Å². The molecule has 0 radical (unpaired) electrons. The standard InChI is InChI=1S/C63H92O6/c1-4-7-10-13-16-19-22-25-28-31-34-37-40-43-46-49-52-55-61(64)67-58-60(69-63(66)57-54-51-48-45-42-39-36-33-30-27-24-21-18-15-12-9-6-3)59-68-62(65)56-53-50-47-44-41-38-35-32-29-26-23-20-17-14-11-8-5-2/h7-12,16-21,25-30,34-39,43-48,60H,4-6,13-15,22-24,31-33,40-42,49-59H2,1-3H3/b10-7+,11-8+,12-9+,19-16+,20-17+,21-18+,28-25+,29-26+,30-27+,37-34+,38-35+,39-36+,46-43+,47-44+,48-45+. The predicted molar refractivity (Wildman–Crippen MR) is 297 cm³/mol. The van der Waals surface area contributed by atoms with Crippen molar-refractivity contribution in [3.05, 3.63) is 182 Å². The molecule has 0 rings (SSSR count). The van der Waals surface area contributed by atoms with E-state index in [-0.39, 0.29) is 44.4 Å². The number of esters is 3. The molecule has 0 atom stereocenters. The van der Waals surface area contributed by atoms with E-state index in [9.17, 15) is 14.4 Å². The molecule has 0 aromatic rings. The van der Waals surface area contributed by atoms with Crippen LogP contribution in [0.5, 0.6) is 0 Å². The van der Waals surface area contributed by atoms with Crippen molar-refractivity contribution in [2.75, 3.05) is 13.2 Å². The van der Waals surface area contributed by atoms with Crippen LogP contribution in [-0.4, -0.2) is 37.2 Å². The van der Waals surface area contributed by atoms with Gasteiger partial charge in [-0.1, -0.05) is 203 Å². The number of ether oxygens (including phenoxy) is 3. The Bertz CT molecular complexity index is 1610. The van der Waals surface area contributed by atoms with E-state index in [1.54, 1.807) is 0 Å². The van der Waals surface area contributed by atoms with Crippen LogP contribution in [0.3, 0.4) is 0 Å². The summed E-state index contributed by atoms with van der Waals surface area (Å²) >= 11 is 0. The van der Waals surface area contributed by atoms with Crippen LogP contribution in [0.1, 0.15) is 175 Å². The summed E-state index contributed by atoms with van der Waals surface area (Å²) in [6, 6.07) is 0. The second-order valence-electron chi connectivity index (χ2n) is 16.3. The predicted octanol–water partition coefficient (Wildman–Crippen LogP) is 17.7. The van der Waals surface area contributed by atoms with Crippen LogP contribution in [0.2, 0.25) is 0 Å². The van der Waals surface area contributed by atoms with Crippen molar-refractivity contribution in [1.82, 2.24) is 0 Å². The van der Waals surface area contributed by atoms with Crippen LogP contribution >= 0.6 is 0 Å². The maximum absolute atomic E-state index is 12.8. The van der Waals surface area contributed by atoms with Crippen LogP contribution in [0.4, 0.5) is 0 Å². The number of rotatable bonds is 44. The van der Waals surface area contributed by atoms with Crippen molar-refractivity contribution in [1.29, 1.82) is 0 Å². The zero-order valence-corrected chi connectivity index (χ0v) is 43.2. The molecule has 6 nitrogen and oxygen atoms in total. The van der Waals surface area contributed by atoms with Gasteiger partial charge >= 0.3 is 17.9 Å². The summed E-state index contributed by atoms with van der Waals surface area (Å²) < 4.78 is 16.7. The maximum Gasteiger partial charge on any atom is 0.306 e. The van der Waals surface area contributed by atoms with E-state index in [1.807, 2.05) is 0 Å². The molecule has 0 aromatic heterocycles. The third-order valence-corrected chi connectivity index (χ3v) is 9.89. The normalized spacial score (nSPS) is 13.2. The van der Waals surface area contributed by atoms with E-state index < -0.39 is 12.1 Å². The van der Waals surface area contributed by atoms with Gasteiger partial charge in [-0.05, 0) is 135 Å². The molecular formula is C63H92O6. The number of unbranched alkanes of at least 4 members (excludes halogenated alkanes) is 3. The average Bonchev–Trinajstić information content (AvgIpc) is 3.35. The Labute approximate surface area is 421 Å². The van der Waals surface area contributed by atoms with E-state index in [1.165, 1.54) is 0 Å². The topological polar surface area (TPSA) is 78.9 Å². The number of hydrogen-bond acceptors (Lipinski definition) is 6. The molecule has 0 amide bonds. The van der Waals surface area contributed by atoms with E-state index in [4.69, 9.17) is 14.2 Å². The quantitative estimate of drug-likeness (QED) is 0.0262. The molecule has 0 spiro atoms. The number of carbonyl (C=O) groups is 3. The molecule has 380 valence electrons. The van der Waals surface area contributed by atoms with Gasteiger partial charge < -0.3 is 14.2 Å². The lowest BCUT2D eigenvalue weighted by Gasteiger charge is -2.18. The molecule has 69 heavy (non-hydrogen) atoms. The van der Waals surface area contributed by atoms with Crippen molar-refractivity contribution in [3.63, 3.8) is 0 Å². The summed E-state index contributed by atoms with van der Waals surface area (Å²) in [5.41, 5.74) is 0. The molecule has 0 heterocycles. The summed E-state index contributed by atoms with van der Waals surface area (Å²) in [7, 11) is 0. The van der Waals surface area contributed by atoms with Gasteiger partial charge in [-0.3, -0.25) is 14.4 Å². The zero-order valence-electron chi connectivity index (χ0n) is 43.2. The first-order valence-electron chi connectivity index (χ1n) is 26.3. The van der Waals surface area contributed by atoms with Crippen LogP contribution < -0.4 is 0 Å². The van der Waals surface area contributed by atoms with Crippen LogP contribution in [0.15, 0.2) is 182 Å². The molecular weight excluding hydrogens is 853 g/mol. The first kappa shape index (κ1) is 63.5. The van der Waals surface area contributed by atoms with Crippen molar-refractivity contribution >= 4 is 17.9 Å². The summed E-state index contributed by atoms with van der Waals surface area (Å²) in [5, 5.41) is 0. The molecule has 0 aliphatic rings. The molecule has 0 fully saturated rings. The van der Waals surface area contributed by atoms with Gasteiger partial charge in [0.05, 0.1) is 0 Å².